The molecule has 0 aromatic rings. The van der Waals surface area contributed by atoms with E-state index in [1.807, 2.05) is 13.8 Å². The highest BCUT2D eigenvalue weighted by Crippen LogP contribution is 2.33. The SMILES string of the molecule is CC(CC1CC(F)(C(C)C)CN1)N1CCCCC1. The van der Waals surface area contributed by atoms with Gasteiger partial charge in [-0.15, -0.1) is 0 Å². The van der Waals surface area contributed by atoms with Crippen molar-refractivity contribution in [2.24, 2.45) is 5.92 Å². The van der Waals surface area contributed by atoms with E-state index in [0.29, 0.717) is 25.0 Å². The first-order valence-electron chi connectivity index (χ1n) is 7.67. The predicted octanol–water partition coefficient (Wildman–Crippen LogP) is 2.98. The number of halogens is 1. The number of nitrogens with zero attached hydrogens (tertiary/aromatic N) is 1. The van der Waals surface area contributed by atoms with E-state index in [1.165, 1.54) is 32.4 Å². The summed E-state index contributed by atoms with van der Waals surface area (Å²) in [6, 6.07) is 0.964. The number of nitrogens with one attached hydrogen (secondary N) is 1. The molecule has 0 saturated carbocycles. The van der Waals surface area contributed by atoms with Crippen LogP contribution in [0, 0.1) is 5.92 Å². The van der Waals surface area contributed by atoms with Gasteiger partial charge in [-0.2, -0.15) is 0 Å². The van der Waals surface area contributed by atoms with E-state index in [9.17, 15) is 4.39 Å². The Hall–Kier alpha value is -0.150. The highest BCUT2D eigenvalue weighted by atomic mass is 19.1. The number of hydrogen-bond donors (Lipinski definition) is 1. The van der Waals surface area contributed by atoms with Crippen LogP contribution in [0.2, 0.25) is 0 Å². The zero-order valence-corrected chi connectivity index (χ0v) is 12.2. The van der Waals surface area contributed by atoms with E-state index in [2.05, 4.69) is 17.1 Å². The largest absolute Gasteiger partial charge is 0.311 e. The van der Waals surface area contributed by atoms with Crippen LogP contribution in [0.4, 0.5) is 4.39 Å². The fourth-order valence-corrected chi connectivity index (χ4v) is 3.39. The molecule has 2 heterocycles. The molecule has 2 nitrogen and oxygen atoms in total. The summed E-state index contributed by atoms with van der Waals surface area (Å²) in [5.41, 5.74) is -0.980. The molecule has 3 heteroatoms. The Morgan fingerprint density at radius 1 is 1.22 bits per heavy atom. The van der Waals surface area contributed by atoms with Gasteiger partial charge in [-0.25, -0.2) is 4.39 Å². The molecule has 2 aliphatic heterocycles. The Labute approximate surface area is 111 Å². The van der Waals surface area contributed by atoms with Gasteiger partial charge in [0.1, 0.15) is 5.67 Å². The van der Waals surface area contributed by atoms with Crippen molar-refractivity contribution in [3.63, 3.8) is 0 Å². The molecule has 2 rings (SSSR count). The topological polar surface area (TPSA) is 15.3 Å². The van der Waals surface area contributed by atoms with Crippen LogP contribution in [0.3, 0.4) is 0 Å². The monoisotopic (exact) mass is 256 g/mol. The molecule has 0 amide bonds. The first kappa shape index (κ1) is 14.3. The van der Waals surface area contributed by atoms with Gasteiger partial charge in [0.05, 0.1) is 0 Å². The van der Waals surface area contributed by atoms with Gasteiger partial charge in [-0.1, -0.05) is 20.3 Å². The molecule has 2 aliphatic rings. The molecule has 0 bridgehead atoms. The van der Waals surface area contributed by atoms with Crippen molar-refractivity contribution in [2.75, 3.05) is 19.6 Å². The molecule has 3 atom stereocenters. The average Bonchev–Trinajstić information content (AvgIpc) is 2.73. The van der Waals surface area contributed by atoms with Crippen molar-refractivity contribution < 1.29 is 4.39 Å². The molecule has 0 aromatic carbocycles. The van der Waals surface area contributed by atoms with Crippen LogP contribution in [-0.2, 0) is 0 Å². The third kappa shape index (κ3) is 3.24. The van der Waals surface area contributed by atoms with Crippen LogP contribution in [0.15, 0.2) is 0 Å². The maximum Gasteiger partial charge on any atom is 0.127 e. The van der Waals surface area contributed by atoms with Crippen LogP contribution in [0.5, 0.6) is 0 Å². The number of hydrogen-bond acceptors (Lipinski definition) is 2. The lowest BCUT2D eigenvalue weighted by Gasteiger charge is -2.33. The fraction of sp³-hybridized carbons (Fsp3) is 1.00. The summed E-state index contributed by atoms with van der Waals surface area (Å²) in [6.07, 6.45) is 5.84. The standard InChI is InChI=1S/C15H29FN2/c1-12(2)15(16)10-14(17-11-15)9-13(3)18-7-5-4-6-8-18/h12-14,17H,4-11H2,1-3H3. The van der Waals surface area contributed by atoms with E-state index in [0.717, 1.165) is 6.42 Å². The molecular weight excluding hydrogens is 227 g/mol. The second-order valence-corrected chi connectivity index (χ2v) is 6.65. The zero-order chi connectivity index (χ0) is 13.2. The molecule has 0 spiro atoms. The lowest BCUT2D eigenvalue weighted by molar-refractivity contribution is 0.116. The lowest BCUT2D eigenvalue weighted by atomic mass is 9.88. The highest BCUT2D eigenvalue weighted by molar-refractivity contribution is 4.97. The molecule has 0 aliphatic carbocycles. The molecule has 3 unspecified atom stereocenters. The van der Waals surface area contributed by atoms with Crippen molar-refractivity contribution in [1.82, 2.24) is 10.2 Å². The van der Waals surface area contributed by atoms with Gasteiger partial charge in [0.2, 0.25) is 0 Å². The molecule has 18 heavy (non-hydrogen) atoms. The minimum absolute atomic E-state index is 0.125. The quantitative estimate of drug-likeness (QED) is 0.832. The highest BCUT2D eigenvalue weighted by Gasteiger charge is 2.42. The van der Waals surface area contributed by atoms with E-state index < -0.39 is 5.67 Å². The zero-order valence-electron chi connectivity index (χ0n) is 12.2. The summed E-state index contributed by atoms with van der Waals surface area (Å²) >= 11 is 0. The third-order valence-corrected chi connectivity index (χ3v) is 4.94. The van der Waals surface area contributed by atoms with Crippen LogP contribution >= 0.6 is 0 Å². The van der Waals surface area contributed by atoms with Gasteiger partial charge >= 0.3 is 0 Å². The van der Waals surface area contributed by atoms with Crippen molar-refractivity contribution in [3.8, 4) is 0 Å². The van der Waals surface area contributed by atoms with Gasteiger partial charge < -0.3 is 10.2 Å². The van der Waals surface area contributed by atoms with Crippen molar-refractivity contribution in [3.05, 3.63) is 0 Å². The Bertz CT molecular complexity index is 263. The van der Waals surface area contributed by atoms with Gasteiger partial charge in [-0.05, 0) is 51.6 Å². The van der Waals surface area contributed by atoms with Crippen LogP contribution in [0.1, 0.15) is 52.9 Å². The molecule has 0 radical (unpaired) electrons. The predicted molar refractivity (Wildman–Crippen MR) is 74.6 cm³/mol. The molecule has 1 N–H and O–H groups in total. The summed E-state index contributed by atoms with van der Waals surface area (Å²) in [5, 5.41) is 3.40. The second kappa shape index (κ2) is 5.87. The smallest absolute Gasteiger partial charge is 0.127 e. The lowest BCUT2D eigenvalue weighted by Crippen LogP contribution is -2.40. The first-order valence-corrected chi connectivity index (χ1v) is 7.67. The summed E-state index contributed by atoms with van der Waals surface area (Å²) < 4.78 is 14.5. The Morgan fingerprint density at radius 3 is 2.44 bits per heavy atom. The third-order valence-electron chi connectivity index (χ3n) is 4.94. The Kier molecular flexibility index (Phi) is 4.65. The molecular formula is C15H29FN2. The number of alkyl halides is 1. The molecule has 0 aromatic heterocycles. The van der Waals surface area contributed by atoms with Crippen molar-refractivity contribution in [1.29, 1.82) is 0 Å². The minimum atomic E-state index is -0.980. The maximum atomic E-state index is 14.5. The fourth-order valence-electron chi connectivity index (χ4n) is 3.39. The number of piperidine rings is 1. The molecule has 2 saturated heterocycles. The maximum absolute atomic E-state index is 14.5. The Balaban J connectivity index is 1.80. The summed E-state index contributed by atoms with van der Waals surface area (Å²) in [6.45, 7) is 9.32. The van der Waals surface area contributed by atoms with Crippen LogP contribution in [-0.4, -0.2) is 42.3 Å². The minimum Gasteiger partial charge on any atom is -0.311 e. The van der Waals surface area contributed by atoms with Crippen LogP contribution in [0.25, 0.3) is 0 Å². The summed E-state index contributed by atoms with van der Waals surface area (Å²) in [7, 11) is 0. The summed E-state index contributed by atoms with van der Waals surface area (Å²) in [5.74, 6) is 0.125. The van der Waals surface area contributed by atoms with Crippen LogP contribution < -0.4 is 5.32 Å². The van der Waals surface area contributed by atoms with E-state index >= 15 is 0 Å². The van der Waals surface area contributed by atoms with Gasteiger partial charge in [-0.3, -0.25) is 0 Å². The van der Waals surface area contributed by atoms with E-state index in [4.69, 9.17) is 0 Å². The summed E-state index contributed by atoms with van der Waals surface area (Å²) in [4.78, 5) is 2.58. The van der Waals surface area contributed by atoms with Gasteiger partial charge in [0.15, 0.2) is 0 Å². The van der Waals surface area contributed by atoms with E-state index in [1.54, 1.807) is 0 Å². The number of rotatable bonds is 4. The van der Waals surface area contributed by atoms with E-state index in [-0.39, 0.29) is 5.92 Å². The second-order valence-electron chi connectivity index (χ2n) is 6.65. The van der Waals surface area contributed by atoms with Gasteiger partial charge in [0.25, 0.3) is 0 Å². The molecule has 2 fully saturated rings. The normalized spacial score (nSPS) is 36.2. The first-order chi connectivity index (χ1) is 8.51. The average molecular weight is 256 g/mol. The molecule has 106 valence electrons. The Morgan fingerprint density at radius 2 is 1.89 bits per heavy atom. The van der Waals surface area contributed by atoms with Crippen molar-refractivity contribution >= 4 is 0 Å². The number of likely N-dealkylation sites (tertiary alicyclic amines) is 1. The van der Waals surface area contributed by atoms with Crippen molar-refractivity contribution in [2.45, 2.75) is 70.6 Å². The van der Waals surface area contributed by atoms with Gasteiger partial charge in [0, 0.05) is 18.6 Å².